The first-order valence-corrected chi connectivity index (χ1v) is 5.40. The third-order valence-electron chi connectivity index (χ3n) is 2.28. The molecule has 0 aliphatic carbocycles. The summed E-state index contributed by atoms with van der Waals surface area (Å²) in [6.45, 7) is 2.80. The molecule has 1 rings (SSSR count). The average molecular weight is 322 g/mol. The zero-order valence-electron chi connectivity index (χ0n) is 10.6. The van der Waals surface area contributed by atoms with Gasteiger partial charge in [-0.15, -0.1) is 0 Å². The summed E-state index contributed by atoms with van der Waals surface area (Å²) in [6, 6.07) is 0.0195. The number of alkyl halides is 7. The van der Waals surface area contributed by atoms with Crippen LogP contribution in [0.25, 0.3) is 0 Å². The summed E-state index contributed by atoms with van der Waals surface area (Å²) in [5.41, 5.74) is -8.50. The van der Waals surface area contributed by atoms with Crippen molar-refractivity contribution in [2.45, 2.75) is 38.0 Å². The van der Waals surface area contributed by atoms with Gasteiger partial charge < -0.3 is 4.74 Å². The van der Waals surface area contributed by atoms with E-state index >= 15 is 0 Å². The smallest absolute Gasteiger partial charge is 0.437 e. The van der Waals surface area contributed by atoms with Gasteiger partial charge in [-0.1, -0.05) is 0 Å². The van der Waals surface area contributed by atoms with Crippen LogP contribution in [-0.4, -0.2) is 34.6 Å². The summed E-state index contributed by atoms with van der Waals surface area (Å²) in [5.74, 6) is -1.28. The van der Waals surface area contributed by atoms with Crippen molar-refractivity contribution in [2.75, 3.05) is 0 Å². The molecule has 0 radical (unpaired) electrons. The van der Waals surface area contributed by atoms with Gasteiger partial charge >= 0.3 is 24.0 Å². The van der Waals surface area contributed by atoms with E-state index in [4.69, 9.17) is 0 Å². The molecule has 0 unspecified atom stereocenters. The van der Waals surface area contributed by atoms with Gasteiger partial charge in [-0.05, 0) is 19.9 Å². The van der Waals surface area contributed by atoms with E-state index < -0.39 is 41.5 Å². The van der Waals surface area contributed by atoms with Gasteiger partial charge in [0.15, 0.2) is 5.69 Å². The lowest BCUT2D eigenvalue weighted by Gasteiger charge is -2.28. The number of H-pyrrole nitrogens is 1. The van der Waals surface area contributed by atoms with Crippen LogP contribution in [-0.2, 0) is 10.4 Å². The maximum atomic E-state index is 13.6. The molecule has 1 N–H and O–H groups in total. The standard InChI is InChI=1S/C10H9F7N2O2/c1-4(2)21-7(20)5-3-6(19-18-5)8(11,9(12,13)14)10(15,16)17/h3-4H,1-2H3,(H,18,19). The lowest BCUT2D eigenvalue weighted by atomic mass is 10.0. The molecular formula is C10H9F7N2O2. The van der Waals surface area contributed by atoms with E-state index in [2.05, 4.69) is 9.84 Å². The van der Waals surface area contributed by atoms with Gasteiger partial charge in [0.1, 0.15) is 0 Å². The molecule has 0 amide bonds. The van der Waals surface area contributed by atoms with Gasteiger partial charge in [0.25, 0.3) is 0 Å². The second-order valence-corrected chi connectivity index (χ2v) is 4.27. The number of carbonyl (C=O) groups is 1. The molecular weight excluding hydrogens is 313 g/mol. The number of hydrogen-bond acceptors (Lipinski definition) is 3. The average Bonchev–Trinajstić information content (AvgIpc) is 2.72. The SMILES string of the molecule is CC(C)OC(=O)c1cc(C(F)(C(F)(F)F)C(F)(F)F)[nH]n1. The Morgan fingerprint density at radius 1 is 1.14 bits per heavy atom. The highest BCUT2D eigenvalue weighted by molar-refractivity contribution is 5.87. The second-order valence-electron chi connectivity index (χ2n) is 4.27. The Balaban J connectivity index is 3.26. The third kappa shape index (κ3) is 3.10. The number of aromatic amines is 1. The van der Waals surface area contributed by atoms with Gasteiger partial charge in [-0.25, -0.2) is 9.18 Å². The Bertz CT molecular complexity index is 504. The van der Waals surface area contributed by atoms with E-state index in [0.717, 1.165) is 0 Å². The number of halogens is 7. The molecule has 120 valence electrons. The molecule has 1 aromatic heterocycles. The zero-order chi connectivity index (χ0) is 16.6. The third-order valence-corrected chi connectivity index (χ3v) is 2.28. The summed E-state index contributed by atoms with van der Waals surface area (Å²) in [5, 5.41) is 4.17. The van der Waals surface area contributed by atoms with Crippen molar-refractivity contribution < 1.29 is 40.3 Å². The van der Waals surface area contributed by atoms with Crippen molar-refractivity contribution in [3.63, 3.8) is 0 Å². The highest BCUT2D eigenvalue weighted by Gasteiger charge is 2.74. The molecule has 0 saturated heterocycles. The summed E-state index contributed by atoms with van der Waals surface area (Å²) >= 11 is 0. The molecule has 0 atom stereocenters. The normalized spacial score (nSPS) is 13.6. The van der Waals surface area contributed by atoms with Crippen molar-refractivity contribution in [3.8, 4) is 0 Å². The summed E-state index contributed by atoms with van der Waals surface area (Å²) in [6.07, 6.45) is -13.2. The van der Waals surface area contributed by atoms with E-state index in [1.165, 1.54) is 18.9 Å². The van der Waals surface area contributed by atoms with Crippen LogP contribution in [0.2, 0.25) is 0 Å². The molecule has 0 aliphatic heterocycles. The predicted octanol–water partition coefficient (Wildman–Crippen LogP) is 3.26. The Morgan fingerprint density at radius 3 is 2.00 bits per heavy atom. The molecule has 0 aromatic carbocycles. The van der Waals surface area contributed by atoms with Gasteiger partial charge in [0.05, 0.1) is 11.8 Å². The lowest BCUT2D eigenvalue weighted by molar-refractivity contribution is -0.350. The van der Waals surface area contributed by atoms with E-state index in [-0.39, 0.29) is 6.07 Å². The fraction of sp³-hybridized carbons (Fsp3) is 0.600. The monoisotopic (exact) mass is 322 g/mol. The number of nitrogens with zero attached hydrogens (tertiary/aromatic N) is 1. The fourth-order valence-electron chi connectivity index (χ4n) is 1.34. The first kappa shape index (κ1) is 17.2. The fourth-order valence-corrected chi connectivity index (χ4v) is 1.34. The number of hydrogen-bond donors (Lipinski definition) is 1. The van der Waals surface area contributed by atoms with Crippen molar-refractivity contribution in [3.05, 3.63) is 17.5 Å². The van der Waals surface area contributed by atoms with Crippen LogP contribution >= 0.6 is 0 Å². The highest BCUT2D eigenvalue weighted by Crippen LogP contribution is 2.52. The number of nitrogens with one attached hydrogen (secondary N) is 1. The molecule has 11 heteroatoms. The van der Waals surface area contributed by atoms with Gasteiger partial charge in [0.2, 0.25) is 0 Å². The molecule has 0 spiro atoms. The molecule has 0 saturated carbocycles. The van der Waals surface area contributed by atoms with Crippen LogP contribution in [0.5, 0.6) is 0 Å². The Morgan fingerprint density at radius 2 is 1.62 bits per heavy atom. The predicted molar refractivity (Wildman–Crippen MR) is 54.0 cm³/mol. The van der Waals surface area contributed by atoms with Crippen LogP contribution in [0, 0.1) is 0 Å². The minimum absolute atomic E-state index is 0.0195. The van der Waals surface area contributed by atoms with E-state index in [1.807, 2.05) is 0 Å². The Hall–Kier alpha value is -1.81. The molecule has 4 nitrogen and oxygen atoms in total. The van der Waals surface area contributed by atoms with Crippen molar-refractivity contribution in [1.29, 1.82) is 0 Å². The maximum Gasteiger partial charge on any atom is 0.437 e. The van der Waals surface area contributed by atoms with Crippen LogP contribution in [0.4, 0.5) is 30.7 Å². The molecule has 0 bridgehead atoms. The van der Waals surface area contributed by atoms with Crippen molar-refractivity contribution in [2.24, 2.45) is 0 Å². The number of carbonyl (C=O) groups excluding carboxylic acids is 1. The molecule has 0 fully saturated rings. The summed E-state index contributed by atoms with van der Waals surface area (Å²) < 4.78 is 92.8. The van der Waals surface area contributed by atoms with Crippen molar-refractivity contribution >= 4 is 5.97 Å². The number of ether oxygens (including phenoxy) is 1. The number of aromatic nitrogens is 2. The summed E-state index contributed by atoms with van der Waals surface area (Å²) in [4.78, 5) is 11.3. The minimum atomic E-state index is -6.28. The van der Waals surface area contributed by atoms with Crippen LogP contribution < -0.4 is 0 Å². The molecule has 0 aliphatic rings. The van der Waals surface area contributed by atoms with Gasteiger partial charge in [-0.2, -0.15) is 31.4 Å². The Kier molecular flexibility index (Phi) is 4.26. The molecule has 1 aromatic rings. The topological polar surface area (TPSA) is 55.0 Å². The molecule has 21 heavy (non-hydrogen) atoms. The van der Waals surface area contributed by atoms with Crippen LogP contribution in [0.3, 0.4) is 0 Å². The van der Waals surface area contributed by atoms with E-state index in [9.17, 15) is 35.5 Å². The van der Waals surface area contributed by atoms with Crippen LogP contribution in [0.15, 0.2) is 6.07 Å². The molecule has 1 heterocycles. The number of esters is 1. The quantitative estimate of drug-likeness (QED) is 0.686. The summed E-state index contributed by atoms with van der Waals surface area (Å²) in [7, 11) is 0. The first-order chi connectivity index (χ1) is 9.30. The largest absolute Gasteiger partial charge is 0.458 e. The minimum Gasteiger partial charge on any atom is -0.458 e. The van der Waals surface area contributed by atoms with E-state index in [1.54, 1.807) is 0 Å². The number of rotatable bonds is 3. The van der Waals surface area contributed by atoms with Crippen molar-refractivity contribution in [1.82, 2.24) is 10.2 Å². The Labute approximate surface area is 113 Å². The van der Waals surface area contributed by atoms with Crippen LogP contribution in [0.1, 0.15) is 30.0 Å². The van der Waals surface area contributed by atoms with Gasteiger partial charge in [0, 0.05) is 0 Å². The zero-order valence-corrected chi connectivity index (χ0v) is 10.6. The second kappa shape index (κ2) is 5.19. The van der Waals surface area contributed by atoms with E-state index in [0.29, 0.717) is 0 Å². The first-order valence-electron chi connectivity index (χ1n) is 5.40. The lowest BCUT2D eigenvalue weighted by Crippen LogP contribution is -2.50. The maximum absolute atomic E-state index is 13.6. The highest BCUT2D eigenvalue weighted by atomic mass is 19.4. The van der Waals surface area contributed by atoms with Gasteiger partial charge in [-0.3, -0.25) is 5.10 Å².